The standard InChI is InChI=1S/C19H25ClN2OS/c1-3-7-22-10-12(11-24(2)23)8-14-13-5-4-6-16-18(13)15(9-17(14)22)19(20)21-16/h4-6,12,14,17,21H,3,7-11H2,1-2H3/t12?,14-,17-,24?/m0/s1. The van der Waals surface area contributed by atoms with Gasteiger partial charge >= 0.3 is 0 Å². The first-order valence-corrected chi connectivity index (χ1v) is 11.0. The van der Waals surface area contributed by atoms with Crippen molar-refractivity contribution >= 4 is 33.7 Å². The van der Waals surface area contributed by atoms with Gasteiger partial charge in [0, 0.05) is 35.3 Å². The van der Waals surface area contributed by atoms with Crippen LogP contribution in [0, 0.1) is 5.92 Å². The summed E-state index contributed by atoms with van der Waals surface area (Å²) in [7, 11) is 0. The molecule has 1 aromatic heterocycles. The lowest BCUT2D eigenvalue weighted by Crippen LogP contribution is -2.51. The highest BCUT2D eigenvalue weighted by atomic mass is 35.5. The lowest BCUT2D eigenvalue weighted by atomic mass is 9.72. The normalized spacial score (nSPS) is 28.1. The number of hydrogen-bond donors (Lipinski definition) is 1. The Balaban J connectivity index is 1.76. The van der Waals surface area contributed by atoms with E-state index in [0.717, 1.165) is 48.8 Å². The number of benzene rings is 1. The van der Waals surface area contributed by atoms with Crippen molar-refractivity contribution in [3.8, 4) is 0 Å². The summed E-state index contributed by atoms with van der Waals surface area (Å²) in [4.78, 5) is 5.99. The Morgan fingerprint density at radius 2 is 2.25 bits per heavy atom. The molecule has 0 radical (unpaired) electrons. The van der Waals surface area contributed by atoms with Crippen molar-refractivity contribution in [3.05, 3.63) is 34.5 Å². The Bertz CT molecular complexity index is 744. The highest BCUT2D eigenvalue weighted by Crippen LogP contribution is 2.46. The van der Waals surface area contributed by atoms with E-state index in [2.05, 4.69) is 35.0 Å². The smallest absolute Gasteiger partial charge is 0.110 e. The third kappa shape index (κ3) is 2.78. The largest absolute Gasteiger partial charge is 0.617 e. The van der Waals surface area contributed by atoms with E-state index in [9.17, 15) is 4.55 Å². The van der Waals surface area contributed by atoms with Gasteiger partial charge in [0.05, 0.1) is 6.26 Å². The summed E-state index contributed by atoms with van der Waals surface area (Å²) < 4.78 is 11.8. The van der Waals surface area contributed by atoms with Gasteiger partial charge in [-0.2, -0.15) is 0 Å². The van der Waals surface area contributed by atoms with Crippen LogP contribution in [-0.2, 0) is 17.6 Å². The summed E-state index contributed by atoms with van der Waals surface area (Å²) in [6, 6.07) is 7.07. The highest BCUT2D eigenvalue weighted by molar-refractivity contribution is 7.90. The van der Waals surface area contributed by atoms with E-state index < -0.39 is 11.2 Å². The molecule has 4 atom stereocenters. The predicted molar refractivity (Wildman–Crippen MR) is 102 cm³/mol. The summed E-state index contributed by atoms with van der Waals surface area (Å²) >= 11 is 5.79. The molecule has 1 aromatic carbocycles. The molecule has 0 spiro atoms. The van der Waals surface area contributed by atoms with Crippen LogP contribution in [0.15, 0.2) is 18.2 Å². The number of rotatable bonds is 4. The number of aromatic amines is 1. The maximum Gasteiger partial charge on any atom is 0.110 e. The molecule has 0 bridgehead atoms. The Labute approximate surface area is 151 Å². The minimum absolute atomic E-state index is 0.523. The molecule has 1 saturated heterocycles. The van der Waals surface area contributed by atoms with Gasteiger partial charge in [-0.25, -0.2) is 0 Å². The predicted octanol–water partition coefficient (Wildman–Crippen LogP) is 3.94. The number of nitrogens with one attached hydrogen (secondary N) is 1. The molecule has 130 valence electrons. The first kappa shape index (κ1) is 16.8. The monoisotopic (exact) mass is 364 g/mol. The molecule has 0 amide bonds. The minimum Gasteiger partial charge on any atom is -0.617 e. The van der Waals surface area contributed by atoms with E-state index in [4.69, 9.17) is 11.6 Å². The van der Waals surface area contributed by atoms with E-state index in [1.807, 2.05) is 6.26 Å². The van der Waals surface area contributed by atoms with Crippen LogP contribution in [0.4, 0.5) is 0 Å². The SMILES string of the molecule is CCCN1CC(C[S+](C)[O-])C[C@H]2c3cccc4[nH]c(Cl)c(c34)C[C@@H]21. The maximum atomic E-state index is 11.8. The molecule has 3 nitrogen and oxygen atoms in total. The molecule has 0 saturated carbocycles. The first-order chi connectivity index (χ1) is 11.6. The van der Waals surface area contributed by atoms with Crippen molar-refractivity contribution < 1.29 is 4.55 Å². The van der Waals surface area contributed by atoms with E-state index >= 15 is 0 Å². The number of likely N-dealkylation sites (tertiary alicyclic amines) is 1. The topological polar surface area (TPSA) is 42.1 Å². The summed E-state index contributed by atoms with van der Waals surface area (Å²) in [6.45, 7) is 4.43. The Morgan fingerprint density at radius 3 is 3.00 bits per heavy atom. The van der Waals surface area contributed by atoms with Gasteiger partial charge < -0.3 is 9.54 Å². The molecule has 2 aromatic rings. The second kappa shape index (κ2) is 6.56. The number of piperidine rings is 1. The lowest BCUT2D eigenvalue weighted by Gasteiger charge is -2.47. The summed E-state index contributed by atoms with van der Waals surface area (Å²) in [5.74, 6) is 1.87. The van der Waals surface area contributed by atoms with Gasteiger partial charge in [-0.3, -0.25) is 4.90 Å². The number of halogens is 1. The van der Waals surface area contributed by atoms with Gasteiger partial charge in [0.25, 0.3) is 0 Å². The van der Waals surface area contributed by atoms with Crippen LogP contribution in [0.5, 0.6) is 0 Å². The molecule has 2 unspecified atom stereocenters. The van der Waals surface area contributed by atoms with Crippen LogP contribution in [-0.4, -0.2) is 45.6 Å². The molecule has 4 rings (SSSR count). The van der Waals surface area contributed by atoms with Gasteiger partial charge in [0.15, 0.2) is 0 Å². The van der Waals surface area contributed by atoms with Crippen molar-refractivity contribution in [2.45, 2.75) is 38.1 Å². The zero-order chi connectivity index (χ0) is 16.8. The fourth-order valence-corrected chi connectivity index (χ4v) is 6.12. The number of aromatic nitrogens is 1. The van der Waals surface area contributed by atoms with Gasteiger partial charge in [0.2, 0.25) is 0 Å². The average Bonchev–Trinajstić information content (AvgIpc) is 2.85. The van der Waals surface area contributed by atoms with Crippen LogP contribution in [0.25, 0.3) is 10.9 Å². The second-order valence-corrected chi connectivity index (χ2v) is 9.26. The van der Waals surface area contributed by atoms with Gasteiger partial charge in [-0.1, -0.05) is 41.8 Å². The van der Waals surface area contributed by atoms with Crippen molar-refractivity contribution in [1.82, 2.24) is 9.88 Å². The van der Waals surface area contributed by atoms with Crippen molar-refractivity contribution in [1.29, 1.82) is 0 Å². The fraction of sp³-hybridized carbons (Fsp3) is 0.579. The van der Waals surface area contributed by atoms with Crippen LogP contribution in [0.2, 0.25) is 5.15 Å². The average molecular weight is 365 g/mol. The summed E-state index contributed by atoms with van der Waals surface area (Å²) in [5.41, 5.74) is 3.89. The Hall–Kier alpha value is -0.680. The molecule has 1 N–H and O–H groups in total. The van der Waals surface area contributed by atoms with Crippen LogP contribution in [0.1, 0.15) is 36.8 Å². The maximum absolute atomic E-state index is 11.8. The third-order valence-corrected chi connectivity index (χ3v) is 6.98. The van der Waals surface area contributed by atoms with E-state index in [0.29, 0.717) is 17.9 Å². The van der Waals surface area contributed by atoms with Crippen molar-refractivity contribution in [2.75, 3.05) is 25.1 Å². The van der Waals surface area contributed by atoms with E-state index in [1.165, 1.54) is 16.5 Å². The van der Waals surface area contributed by atoms with E-state index in [-0.39, 0.29) is 0 Å². The number of H-pyrrole nitrogens is 1. The number of nitrogens with zero attached hydrogens (tertiary/aromatic N) is 1. The molecular formula is C19H25ClN2OS. The lowest BCUT2D eigenvalue weighted by molar-refractivity contribution is 0.0921. The second-order valence-electron chi connectivity index (χ2n) is 7.40. The van der Waals surface area contributed by atoms with E-state index in [1.54, 1.807) is 0 Å². The van der Waals surface area contributed by atoms with Gasteiger partial charge in [0.1, 0.15) is 10.9 Å². The fourth-order valence-electron chi connectivity index (χ4n) is 4.94. The molecule has 1 aliphatic heterocycles. The summed E-state index contributed by atoms with van der Waals surface area (Å²) in [5, 5.41) is 2.16. The molecule has 1 aliphatic carbocycles. The van der Waals surface area contributed by atoms with Gasteiger partial charge in [-0.15, -0.1) is 0 Å². The highest BCUT2D eigenvalue weighted by Gasteiger charge is 2.41. The number of fused-ring (bicyclic) bond motifs is 2. The molecule has 24 heavy (non-hydrogen) atoms. The van der Waals surface area contributed by atoms with Gasteiger partial charge in [-0.05, 0) is 43.0 Å². The van der Waals surface area contributed by atoms with Crippen molar-refractivity contribution in [2.24, 2.45) is 5.92 Å². The molecular weight excluding hydrogens is 340 g/mol. The zero-order valence-corrected chi connectivity index (χ0v) is 15.9. The van der Waals surface area contributed by atoms with Crippen LogP contribution >= 0.6 is 11.6 Å². The molecule has 1 fully saturated rings. The zero-order valence-electron chi connectivity index (χ0n) is 14.3. The quantitative estimate of drug-likeness (QED) is 0.835. The molecule has 2 aliphatic rings. The Morgan fingerprint density at radius 1 is 1.42 bits per heavy atom. The third-order valence-electron chi connectivity index (χ3n) is 5.72. The minimum atomic E-state index is -0.726. The van der Waals surface area contributed by atoms with Crippen molar-refractivity contribution in [3.63, 3.8) is 0 Å². The number of hydrogen-bond acceptors (Lipinski definition) is 2. The first-order valence-electron chi connectivity index (χ1n) is 8.91. The van der Waals surface area contributed by atoms with Crippen LogP contribution in [0.3, 0.4) is 0 Å². The summed E-state index contributed by atoms with van der Waals surface area (Å²) in [6.07, 6.45) is 5.17. The molecule has 5 heteroatoms. The Kier molecular flexibility index (Phi) is 4.59. The van der Waals surface area contributed by atoms with Crippen LogP contribution < -0.4 is 0 Å². The molecule has 2 heterocycles.